The molecule has 0 bridgehead atoms. The highest BCUT2D eigenvalue weighted by Gasteiger charge is 2.18. The number of carbonyl (C=O) groups excluding carboxylic acids is 1. The fourth-order valence-corrected chi connectivity index (χ4v) is 6.01. The van der Waals surface area contributed by atoms with Gasteiger partial charge in [0.1, 0.15) is 5.75 Å². The van der Waals surface area contributed by atoms with E-state index in [0.29, 0.717) is 11.1 Å². The van der Waals surface area contributed by atoms with E-state index in [9.17, 15) is 4.79 Å². The first-order valence-electron chi connectivity index (χ1n) is 9.07. The van der Waals surface area contributed by atoms with Gasteiger partial charge in [-0.25, -0.2) is 0 Å². The quantitative estimate of drug-likeness (QED) is 0.620. The van der Waals surface area contributed by atoms with Crippen LogP contribution in [0.1, 0.15) is 15.7 Å². The summed E-state index contributed by atoms with van der Waals surface area (Å²) >= 11 is 3.97. The number of amides is 1. The van der Waals surface area contributed by atoms with E-state index >= 15 is 0 Å². The van der Waals surface area contributed by atoms with Crippen molar-refractivity contribution in [2.75, 3.05) is 24.7 Å². The van der Waals surface area contributed by atoms with E-state index in [2.05, 4.69) is 34.6 Å². The van der Waals surface area contributed by atoms with Gasteiger partial charge >= 0.3 is 0 Å². The number of benzene rings is 2. The molecule has 6 heteroatoms. The summed E-state index contributed by atoms with van der Waals surface area (Å²) in [5.74, 6) is 3.07. The van der Waals surface area contributed by atoms with Crippen LogP contribution in [0.2, 0.25) is 0 Å². The largest absolute Gasteiger partial charge is 0.484 e. The van der Waals surface area contributed by atoms with Gasteiger partial charge in [-0.05, 0) is 35.7 Å². The topological polar surface area (TPSA) is 54.1 Å². The molecule has 1 fully saturated rings. The molecule has 0 radical (unpaired) electrons. The number of thioether (sulfide) groups is 2. The summed E-state index contributed by atoms with van der Waals surface area (Å²) in [7, 11) is 0. The molecule has 1 aliphatic heterocycles. The van der Waals surface area contributed by atoms with Crippen molar-refractivity contribution in [1.29, 1.82) is 0 Å². The predicted molar refractivity (Wildman–Crippen MR) is 115 cm³/mol. The molecule has 0 atom stereocenters. The zero-order valence-corrected chi connectivity index (χ0v) is 16.6. The number of ether oxygens (including phenoxy) is 1. The van der Waals surface area contributed by atoms with E-state index in [0.717, 1.165) is 17.7 Å². The molecule has 3 aromatic rings. The lowest BCUT2D eigenvalue weighted by molar-refractivity contribution is -0.123. The maximum Gasteiger partial charge on any atom is 0.257 e. The number of fused-ring (bicyclic) bond motifs is 1. The van der Waals surface area contributed by atoms with Gasteiger partial charge in [0.25, 0.3) is 5.91 Å². The predicted octanol–water partition coefficient (Wildman–Crippen LogP) is 4.38. The monoisotopic (exact) mass is 398 g/mol. The van der Waals surface area contributed by atoms with Crippen LogP contribution in [-0.2, 0) is 11.2 Å². The number of para-hydroxylation sites is 1. The number of carbonyl (C=O) groups is 1. The van der Waals surface area contributed by atoms with Gasteiger partial charge in [-0.2, -0.15) is 0 Å². The first-order valence-corrected chi connectivity index (χ1v) is 11.2. The minimum absolute atomic E-state index is 0.0418. The SMILES string of the molecule is O=C(COc1ccc(C2SCCS2)cc1)NCCc1c[nH]c2ccccc12. The van der Waals surface area contributed by atoms with Crippen molar-refractivity contribution < 1.29 is 9.53 Å². The lowest BCUT2D eigenvalue weighted by Crippen LogP contribution is -2.30. The molecule has 0 unspecified atom stereocenters. The summed E-state index contributed by atoms with van der Waals surface area (Å²) in [5, 5.41) is 4.14. The van der Waals surface area contributed by atoms with Crippen LogP contribution in [0.4, 0.5) is 0 Å². The van der Waals surface area contributed by atoms with Crippen LogP contribution in [0.5, 0.6) is 5.75 Å². The Morgan fingerprint density at radius 3 is 2.70 bits per heavy atom. The van der Waals surface area contributed by atoms with Gasteiger partial charge in [0.2, 0.25) is 0 Å². The maximum absolute atomic E-state index is 12.0. The Labute approximate surface area is 167 Å². The van der Waals surface area contributed by atoms with Crippen molar-refractivity contribution in [3.8, 4) is 5.75 Å². The first kappa shape index (κ1) is 18.3. The second-order valence-corrected chi connectivity index (χ2v) is 9.12. The van der Waals surface area contributed by atoms with E-state index < -0.39 is 0 Å². The first-order chi connectivity index (χ1) is 13.3. The summed E-state index contributed by atoms with van der Waals surface area (Å²) < 4.78 is 6.15. The summed E-state index contributed by atoms with van der Waals surface area (Å²) in [6.07, 6.45) is 2.80. The van der Waals surface area contributed by atoms with Crippen LogP contribution >= 0.6 is 23.5 Å². The highest BCUT2D eigenvalue weighted by atomic mass is 32.2. The molecule has 0 spiro atoms. The standard InChI is InChI=1S/C21H22N2O2S2/c24-20(22-10-9-16-13-23-19-4-2-1-3-18(16)19)14-25-17-7-5-15(6-8-17)21-26-11-12-27-21/h1-8,13,21,23H,9-12,14H2,(H,22,24). The van der Waals surface area contributed by atoms with Gasteiger partial charge < -0.3 is 15.0 Å². The van der Waals surface area contributed by atoms with Crippen LogP contribution in [0.3, 0.4) is 0 Å². The molecule has 2 N–H and O–H groups in total. The van der Waals surface area contributed by atoms with Crippen molar-refractivity contribution in [3.63, 3.8) is 0 Å². The molecule has 1 aromatic heterocycles. The number of hydrogen-bond acceptors (Lipinski definition) is 4. The van der Waals surface area contributed by atoms with Crippen molar-refractivity contribution in [3.05, 3.63) is 65.9 Å². The van der Waals surface area contributed by atoms with Crippen molar-refractivity contribution in [2.24, 2.45) is 0 Å². The molecule has 140 valence electrons. The average Bonchev–Trinajstić information content (AvgIpc) is 3.37. The van der Waals surface area contributed by atoms with Crippen molar-refractivity contribution in [2.45, 2.75) is 11.0 Å². The molecule has 2 heterocycles. The van der Waals surface area contributed by atoms with E-state index in [1.165, 1.54) is 28.0 Å². The Kier molecular flexibility index (Phi) is 5.94. The molecule has 1 saturated heterocycles. The van der Waals surface area contributed by atoms with Crippen molar-refractivity contribution >= 4 is 40.3 Å². The highest BCUT2D eigenvalue weighted by molar-refractivity contribution is 8.19. The Hall–Kier alpha value is -2.05. The lowest BCUT2D eigenvalue weighted by Gasteiger charge is -2.10. The third-order valence-electron chi connectivity index (χ3n) is 4.54. The lowest BCUT2D eigenvalue weighted by atomic mass is 10.1. The molecular formula is C21H22N2O2S2. The number of H-pyrrole nitrogens is 1. The minimum Gasteiger partial charge on any atom is -0.484 e. The molecule has 27 heavy (non-hydrogen) atoms. The van der Waals surface area contributed by atoms with Gasteiger partial charge in [-0.1, -0.05) is 30.3 Å². The maximum atomic E-state index is 12.0. The fourth-order valence-electron chi connectivity index (χ4n) is 3.15. The molecular weight excluding hydrogens is 376 g/mol. The Balaban J connectivity index is 1.21. The summed E-state index contributed by atoms with van der Waals surface area (Å²) in [4.78, 5) is 15.3. The number of hydrogen-bond donors (Lipinski definition) is 2. The number of aromatic nitrogens is 1. The average molecular weight is 399 g/mol. The van der Waals surface area contributed by atoms with Crippen LogP contribution in [0.15, 0.2) is 54.7 Å². The molecule has 1 amide bonds. The minimum atomic E-state index is -0.0965. The fraction of sp³-hybridized carbons (Fsp3) is 0.286. The second-order valence-electron chi connectivity index (χ2n) is 6.39. The Bertz CT molecular complexity index is 902. The van der Waals surface area contributed by atoms with Crippen LogP contribution in [0, 0.1) is 0 Å². The third kappa shape index (κ3) is 4.62. The summed E-state index contributed by atoms with van der Waals surface area (Å²) in [6, 6.07) is 16.3. The third-order valence-corrected chi connectivity index (χ3v) is 7.64. The van der Waals surface area contributed by atoms with Gasteiger partial charge in [-0.15, -0.1) is 23.5 Å². The number of aromatic amines is 1. The van der Waals surface area contributed by atoms with E-state index in [4.69, 9.17) is 4.74 Å². The number of nitrogens with one attached hydrogen (secondary N) is 2. The molecule has 1 aliphatic rings. The van der Waals surface area contributed by atoms with Gasteiger partial charge in [-0.3, -0.25) is 4.79 Å². The zero-order chi connectivity index (χ0) is 18.5. The molecule has 2 aromatic carbocycles. The zero-order valence-electron chi connectivity index (χ0n) is 14.9. The summed E-state index contributed by atoms with van der Waals surface area (Å²) in [6.45, 7) is 0.638. The molecule has 4 nitrogen and oxygen atoms in total. The number of rotatable bonds is 7. The molecule has 0 saturated carbocycles. The van der Waals surface area contributed by atoms with E-state index in [-0.39, 0.29) is 12.5 Å². The smallest absolute Gasteiger partial charge is 0.257 e. The Morgan fingerprint density at radius 1 is 1.11 bits per heavy atom. The Morgan fingerprint density at radius 2 is 1.89 bits per heavy atom. The van der Waals surface area contributed by atoms with Gasteiger partial charge in [0.05, 0.1) is 4.58 Å². The van der Waals surface area contributed by atoms with Crippen LogP contribution in [-0.4, -0.2) is 35.5 Å². The highest BCUT2D eigenvalue weighted by Crippen LogP contribution is 2.45. The van der Waals surface area contributed by atoms with Gasteiger partial charge in [0.15, 0.2) is 6.61 Å². The van der Waals surface area contributed by atoms with E-state index in [1.807, 2.05) is 54.0 Å². The molecule has 0 aliphatic carbocycles. The van der Waals surface area contributed by atoms with Gasteiger partial charge in [0, 0.05) is 35.2 Å². The normalized spacial score (nSPS) is 14.5. The molecule has 4 rings (SSSR count). The summed E-state index contributed by atoms with van der Waals surface area (Å²) in [5.41, 5.74) is 3.66. The van der Waals surface area contributed by atoms with E-state index in [1.54, 1.807) is 0 Å². The van der Waals surface area contributed by atoms with Crippen LogP contribution in [0.25, 0.3) is 10.9 Å². The van der Waals surface area contributed by atoms with Crippen molar-refractivity contribution in [1.82, 2.24) is 10.3 Å². The second kappa shape index (κ2) is 8.76. The van der Waals surface area contributed by atoms with Crippen LogP contribution < -0.4 is 10.1 Å².